The van der Waals surface area contributed by atoms with Gasteiger partial charge in [-0.15, -0.1) is 0 Å². The van der Waals surface area contributed by atoms with Crippen LogP contribution in [0.5, 0.6) is 0 Å². The number of aliphatic hydroxyl groups is 1. The number of fused-ring (bicyclic) bond motifs is 2. The molecular formula is C21H20N2O4. The van der Waals surface area contributed by atoms with E-state index in [9.17, 15) is 19.5 Å². The van der Waals surface area contributed by atoms with Crippen LogP contribution in [-0.4, -0.2) is 53.2 Å². The van der Waals surface area contributed by atoms with Gasteiger partial charge >= 0.3 is 0 Å². The van der Waals surface area contributed by atoms with Crippen LogP contribution < -0.4 is 5.32 Å². The van der Waals surface area contributed by atoms with E-state index < -0.39 is 0 Å². The van der Waals surface area contributed by atoms with Gasteiger partial charge in [-0.1, -0.05) is 36.4 Å². The Morgan fingerprint density at radius 2 is 1.67 bits per heavy atom. The fourth-order valence-corrected chi connectivity index (χ4v) is 3.58. The van der Waals surface area contributed by atoms with Gasteiger partial charge in [-0.25, -0.2) is 0 Å². The summed E-state index contributed by atoms with van der Waals surface area (Å²) in [6.45, 7) is 0.581. The van der Waals surface area contributed by atoms with Crippen molar-refractivity contribution in [2.45, 2.75) is 18.9 Å². The number of benzene rings is 2. The van der Waals surface area contributed by atoms with Gasteiger partial charge in [0.05, 0.1) is 24.4 Å². The van der Waals surface area contributed by atoms with Gasteiger partial charge in [-0.2, -0.15) is 0 Å². The van der Waals surface area contributed by atoms with Crippen LogP contribution in [0.4, 0.5) is 5.69 Å². The Kier molecular flexibility index (Phi) is 4.59. The fourth-order valence-electron chi connectivity index (χ4n) is 3.58. The van der Waals surface area contributed by atoms with Crippen molar-refractivity contribution in [3.63, 3.8) is 0 Å². The number of nitrogens with zero attached hydrogens (tertiary/aromatic N) is 1. The van der Waals surface area contributed by atoms with E-state index in [0.717, 1.165) is 12.8 Å². The van der Waals surface area contributed by atoms with Gasteiger partial charge in [-0.3, -0.25) is 19.3 Å². The highest BCUT2D eigenvalue weighted by atomic mass is 16.3. The Bertz CT molecular complexity index is 934. The van der Waals surface area contributed by atoms with E-state index in [-0.39, 0.29) is 36.2 Å². The zero-order valence-electron chi connectivity index (χ0n) is 14.8. The molecule has 2 aliphatic rings. The summed E-state index contributed by atoms with van der Waals surface area (Å²) >= 11 is 0. The first kappa shape index (κ1) is 17.6. The van der Waals surface area contributed by atoms with Gasteiger partial charge in [-0.05, 0) is 18.9 Å². The lowest BCUT2D eigenvalue weighted by Crippen LogP contribution is -2.37. The molecule has 2 aliphatic carbocycles. The number of ketones is 2. The van der Waals surface area contributed by atoms with Gasteiger partial charge in [0.2, 0.25) is 5.91 Å². The molecule has 0 spiro atoms. The molecule has 0 heterocycles. The third-order valence-electron chi connectivity index (χ3n) is 5.02. The second-order valence-electron chi connectivity index (χ2n) is 6.91. The maximum Gasteiger partial charge on any atom is 0.238 e. The van der Waals surface area contributed by atoms with E-state index in [1.165, 1.54) is 0 Å². The van der Waals surface area contributed by atoms with Crippen LogP contribution in [0.2, 0.25) is 0 Å². The van der Waals surface area contributed by atoms with Crippen LogP contribution in [0.3, 0.4) is 0 Å². The molecule has 0 unspecified atom stereocenters. The van der Waals surface area contributed by atoms with Gasteiger partial charge in [0.25, 0.3) is 0 Å². The number of hydrogen-bond donors (Lipinski definition) is 2. The normalized spacial score (nSPS) is 15.5. The minimum Gasteiger partial charge on any atom is -0.395 e. The van der Waals surface area contributed by atoms with E-state index in [1.54, 1.807) is 42.5 Å². The molecule has 6 nitrogen and oxygen atoms in total. The predicted octanol–water partition coefficient (Wildman–Crippen LogP) is 1.86. The number of carbonyl (C=O) groups excluding carboxylic acids is 3. The standard InChI is InChI=1S/C21H20N2O4/c24-11-10-23(13-8-9-13)12-18(25)22-17-7-3-6-16-19(17)21(27)15-5-2-1-4-14(15)20(16)26/h1-7,13,24H,8-12H2,(H,22,25). The largest absolute Gasteiger partial charge is 0.395 e. The summed E-state index contributed by atoms with van der Waals surface area (Å²) in [5.74, 6) is -0.732. The maximum atomic E-state index is 13.0. The monoisotopic (exact) mass is 364 g/mol. The lowest BCUT2D eigenvalue weighted by molar-refractivity contribution is -0.117. The molecule has 0 atom stereocenters. The number of carbonyl (C=O) groups is 3. The summed E-state index contributed by atoms with van der Waals surface area (Å²) in [7, 11) is 0. The Hall–Kier alpha value is -2.83. The van der Waals surface area contributed by atoms with Crippen molar-refractivity contribution in [1.82, 2.24) is 4.90 Å². The second kappa shape index (κ2) is 7.06. The lowest BCUT2D eigenvalue weighted by Gasteiger charge is -2.22. The highest BCUT2D eigenvalue weighted by Crippen LogP contribution is 2.32. The van der Waals surface area contributed by atoms with Crippen molar-refractivity contribution in [3.8, 4) is 0 Å². The maximum absolute atomic E-state index is 13.0. The summed E-state index contributed by atoms with van der Waals surface area (Å²) in [6, 6.07) is 12.0. The number of nitrogens with one attached hydrogen (secondary N) is 1. The Labute approximate surface area is 156 Å². The Morgan fingerprint density at radius 3 is 2.33 bits per heavy atom. The van der Waals surface area contributed by atoms with Crippen molar-refractivity contribution in [2.75, 3.05) is 25.0 Å². The van der Waals surface area contributed by atoms with Crippen molar-refractivity contribution in [2.24, 2.45) is 0 Å². The van der Waals surface area contributed by atoms with Gasteiger partial charge in [0.15, 0.2) is 11.6 Å². The molecule has 0 bridgehead atoms. The third kappa shape index (κ3) is 3.29. The SMILES string of the molecule is O=C(CN(CCO)C1CC1)Nc1cccc2c1C(=O)c1ccccc1C2=O. The molecule has 2 aromatic carbocycles. The molecule has 0 aromatic heterocycles. The third-order valence-corrected chi connectivity index (χ3v) is 5.02. The number of amides is 1. The summed E-state index contributed by atoms with van der Waals surface area (Å²) < 4.78 is 0. The molecule has 138 valence electrons. The van der Waals surface area contributed by atoms with Crippen molar-refractivity contribution >= 4 is 23.2 Å². The van der Waals surface area contributed by atoms with Crippen LogP contribution in [-0.2, 0) is 4.79 Å². The summed E-state index contributed by atoms with van der Waals surface area (Å²) in [6.07, 6.45) is 2.05. The summed E-state index contributed by atoms with van der Waals surface area (Å²) in [5, 5.41) is 12.0. The van der Waals surface area contributed by atoms with Gasteiger partial charge < -0.3 is 10.4 Å². The zero-order valence-corrected chi connectivity index (χ0v) is 14.8. The molecule has 2 aromatic rings. The molecule has 1 saturated carbocycles. The molecular weight excluding hydrogens is 344 g/mol. The van der Waals surface area contributed by atoms with Crippen molar-refractivity contribution in [1.29, 1.82) is 0 Å². The van der Waals surface area contributed by atoms with E-state index in [2.05, 4.69) is 5.32 Å². The molecule has 0 saturated heterocycles. The van der Waals surface area contributed by atoms with Crippen molar-refractivity contribution in [3.05, 3.63) is 64.7 Å². The van der Waals surface area contributed by atoms with Crippen LogP contribution in [0.15, 0.2) is 42.5 Å². The fraction of sp³-hybridized carbons (Fsp3) is 0.286. The molecule has 27 heavy (non-hydrogen) atoms. The van der Waals surface area contributed by atoms with E-state index in [4.69, 9.17) is 0 Å². The zero-order chi connectivity index (χ0) is 19.0. The van der Waals surface area contributed by atoms with Crippen molar-refractivity contribution < 1.29 is 19.5 Å². The van der Waals surface area contributed by atoms with Crippen LogP contribution in [0.1, 0.15) is 44.7 Å². The topological polar surface area (TPSA) is 86.7 Å². The highest BCUT2D eigenvalue weighted by Gasteiger charge is 2.33. The molecule has 4 rings (SSSR count). The molecule has 0 radical (unpaired) electrons. The first-order chi connectivity index (χ1) is 13.1. The Morgan fingerprint density at radius 1 is 1.00 bits per heavy atom. The second-order valence-corrected chi connectivity index (χ2v) is 6.91. The highest BCUT2D eigenvalue weighted by molar-refractivity contribution is 6.30. The average molecular weight is 364 g/mol. The lowest BCUT2D eigenvalue weighted by atomic mass is 9.83. The van der Waals surface area contributed by atoms with Crippen LogP contribution >= 0.6 is 0 Å². The molecule has 0 aliphatic heterocycles. The minimum atomic E-state index is -0.261. The molecule has 1 fully saturated rings. The van der Waals surface area contributed by atoms with Gasteiger partial charge in [0, 0.05) is 29.3 Å². The summed E-state index contributed by atoms with van der Waals surface area (Å²) in [5.41, 5.74) is 1.66. The number of anilines is 1. The minimum absolute atomic E-state index is 0.00567. The van der Waals surface area contributed by atoms with E-state index >= 15 is 0 Å². The first-order valence-corrected chi connectivity index (χ1v) is 9.06. The van der Waals surface area contributed by atoms with Crippen LogP contribution in [0, 0.1) is 0 Å². The molecule has 2 N–H and O–H groups in total. The number of aliphatic hydroxyl groups excluding tert-OH is 1. The molecule has 6 heteroatoms. The van der Waals surface area contributed by atoms with E-state index in [1.807, 2.05) is 4.90 Å². The summed E-state index contributed by atoms with van der Waals surface area (Å²) in [4.78, 5) is 40.2. The first-order valence-electron chi connectivity index (χ1n) is 9.06. The Balaban J connectivity index is 1.61. The van der Waals surface area contributed by atoms with Gasteiger partial charge in [0.1, 0.15) is 0 Å². The number of hydrogen-bond acceptors (Lipinski definition) is 5. The number of rotatable bonds is 6. The van der Waals surface area contributed by atoms with Crippen LogP contribution in [0.25, 0.3) is 0 Å². The average Bonchev–Trinajstić information content (AvgIpc) is 3.51. The molecule has 1 amide bonds. The quantitative estimate of drug-likeness (QED) is 0.697. The smallest absolute Gasteiger partial charge is 0.238 e. The predicted molar refractivity (Wildman–Crippen MR) is 100 cm³/mol. The van der Waals surface area contributed by atoms with E-state index in [0.29, 0.717) is 35.0 Å².